The van der Waals surface area contributed by atoms with E-state index in [0.717, 1.165) is 68.3 Å². The molecule has 0 aliphatic carbocycles. The molecule has 4 rings (SSSR count). The van der Waals surface area contributed by atoms with Crippen LogP contribution >= 0.6 is 0 Å². The minimum atomic E-state index is 0.114. The molecule has 6 nitrogen and oxygen atoms in total. The van der Waals surface area contributed by atoms with Crippen molar-refractivity contribution >= 4 is 11.7 Å². The first kappa shape index (κ1) is 19.8. The maximum Gasteiger partial charge on any atom is 0.219 e. The number of hydrogen-bond acceptors (Lipinski definition) is 5. The molecule has 1 aromatic heterocycles. The number of anilines is 1. The van der Waals surface area contributed by atoms with E-state index in [2.05, 4.69) is 40.5 Å². The molecule has 6 heteroatoms. The SMILES string of the molecule is CNc1nc(C2CCCN(CCc3ccccc3)C2)nc2c1CN(C(C)=O)CC2. The lowest BCUT2D eigenvalue weighted by Crippen LogP contribution is -2.38. The Morgan fingerprint density at radius 1 is 1.21 bits per heavy atom. The van der Waals surface area contributed by atoms with Gasteiger partial charge in [-0.1, -0.05) is 30.3 Å². The molecule has 2 aliphatic heterocycles. The fraction of sp³-hybridized carbons (Fsp3) is 0.522. The van der Waals surface area contributed by atoms with Gasteiger partial charge in [0.15, 0.2) is 0 Å². The summed E-state index contributed by atoms with van der Waals surface area (Å²) in [5.74, 6) is 2.34. The van der Waals surface area contributed by atoms with E-state index in [1.807, 2.05) is 11.9 Å². The number of nitrogens with one attached hydrogen (secondary N) is 1. The molecule has 0 saturated carbocycles. The Hall–Kier alpha value is -2.47. The van der Waals surface area contributed by atoms with Gasteiger partial charge in [0.25, 0.3) is 0 Å². The number of carbonyl (C=O) groups is 1. The third-order valence-electron chi connectivity index (χ3n) is 6.19. The van der Waals surface area contributed by atoms with E-state index in [-0.39, 0.29) is 5.91 Å². The standard InChI is InChI=1S/C23H31N5O/c1-17(29)28-14-11-21-20(16-28)23(24-2)26-22(25-21)19-9-6-12-27(15-19)13-10-18-7-4-3-5-8-18/h3-5,7-8,19H,6,9-16H2,1-2H3,(H,24,25,26). The summed E-state index contributed by atoms with van der Waals surface area (Å²) in [6.07, 6.45) is 4.22. The molecule has 1 fully saturated rings. The normalized spacial score (nSPS) is 19.7. The quantitative estimate of drug-likeness (QED) is 0.846. The number of amides is 1. The second-order valence-electron chi connectivity index (χ2n) is 8.17. The summed E-state index contributed by atoms with van der Waals surface area (Å²) in [5.41, 5.74) is 3.58. The molecular formula is C23H31N5O. The van der Waals surface area contributed by atoms with E-state index in [9.17, 15) is 4.79 Å². The first-order valence-electron chi connectivity index (χ1n) is 10.7. The highest BCUT2D eigenvalue weighted by Gasteiger charge is 2.28. The topological polar surface area (TPSA) is 61.4 Å². The summed E-state index contributed by atoms with van der Waals surface area (Å²) < 4.78 is 0. The van der Waals surface area contributed by atoms with Gasteiger partial charge in [0.2, 0.25) is 5.91 Å². The van der Waals surface area contributed by atoms with Crippen LogP contribution in [0.2, 0.25) is 0 Å². The van der Waals surface area contributed by atoms with Crippen LogP contribution in [0.25, 0.3) is 0 Å². The monoisotopic (exact) mass is 393 g/mol. The first-order chi connectivity index (χ1) is 14.1. The third-order valence-corrected chi connectivity index (χ3v) is 6.19. The Kier molecular flexibility index (Phi) is 6.09. The number of carbonyl (C=O) groups excluding carboxylic acids is 1. The van der Waals surface area contributed by atoms with Crippen molar-refractivity contribution in [2.24, 2.45) is 0 Å². The minimum Gasteiger partial charge on any atom is -0.373 e. The van der Waals surface area contributed by atoms with Crippen LogP contribution in [0.15, 0.2) is 30.3 Å². The summed E-state index contributed by atoms with van der Waals surface area (Å²) in [7, 11) is 1.91. The maximum absolute atomic E-state index is 11.8. The number of hydrogen-bond donors (Lipinski definition) is 1. The van der Waals surface area contributed by atoms with Gasteiger partial charge >= 0.3 is 0 Å². The molecule has 29 heavy (non-hydrogen) atoms. The number of nitrogens with zero attached hydrogens (tertiary/aromatic N) is 4. The minimum absolute atomic E-state index is 0.114. The van der Waals surface area contributed by atoms with Gasteiger partial charge in [-0.05, 0) is 31.4 Å². The zero-order valence-electron chi connectivity index (χ0n) is 17.5. The van der Waals surface area contributed by atoms with Crippen LogP contribution in [-0.2, 0) is 24.2 Å². The highest BCUT2D eigenvalue weighted by Crippen LogP contribution is 2.30. The van der Waals surface area contributed by atoms with Crippen molar-refractivity contribution in [1.29, 1.82) is 0 Å². The zero-order valence-corrected chi connectivity index (χ0v) is 17.5. The van der Waals surface area contributed by atoms with E-state index >= 15 is 0 Å². The van der Waals surface area contributed by atoms with Crippen molar-refractivity contribution in [2.45, 2.75) is 45.1 Å². The summed E-state index contributed by atoms with van der Waals surface area (Å²) >= 11 is 0. The van der Waals surface area contributed by atoms with Crippen molar-refractivity contribution < 1.29 is 4.79 Å². The predicted octanol–water partition coefficient (Wildman–Crippen LogP) is 2.85. The summed E-state index contributed by atoms with van der Waals surface area (Å²) in [5, 5.41) is 3.25. The first-order valence-corrected chi connectivity index (χ1v) is 10.7. The fourth-order valence-corrected chi connectivity index (χ4v) is 4.49. The largest absolute Gasteiger partial charge is 0.373 e. The molecule has 1 aromatic carbocycles. The van der Waals surface area contributed by atoms with Crippen LogP contribution < -0.4 is 5.32 Å². The molecule has 1 N–H and O–H groups in total. The van der Waals surface area contributed by atoms with Gasteiger partial charge in [0.1, 0.15) is 11.6 Å². The van der Waals surface area contributed by atoms with E-state index in [4.69, 9.17) is 9.97 Å². The Labute approximate surface area is 173 Å². The lowest BCUT2D eigenvalue weighted by atomic mass is 9.95. The molecule has 3 heterocycles. The molecule has 0 radical (unpaired) electrons. The van der Waals surface area contributed by atoms with Gasteiger partial charge in [0, 0.05) is 51.5 Å². The average molecular weight is 394 g/mol. The van der Waals surface area contributed by atoms with Crippen LogP contribution in [0, 0.1) is 0 Å². The third kappa shape index (κ3) is 4.58. The number of likely N-dealkylation sites (tertiary alicyclic amines) is 1. The zero-order chi connectivity index (χ0) is 20.2. The summed E-state index contributed by atoms with van der Waals surface area (Å²) in [6.45, 7) is 6.24. The second kappa shape index (κ2) is 8.91. The molecule has 1 amide bonds. The van der Waals surface area contributed by atoms with Gasteiger partial charge < -0.3 is 15.1 Å². The van der Waals surface area contributed by atoms with Gasteiger partial charge in [-0.25, -0.2) is 9.97 Å². The van der Waals surface area contributed by atoms with Crippen LogP contribution in [0.4, 0.5) is 5.82 Å². The summed E-state index contributed by atoms with van der Waals surface area (Å²) in [6, 6.07) is 10.7. The van der Waals surface area contributed by atoms with E-state index in [1.54, 1.807) is 6.92 Å². The molecule has 2 aromatic rings. The summed E-state index contributed by atoms with van der Waals surface area (Å²) in [4.78, 5) is 26.1. The number of benzene rings is 1. The molecule has 1 atom stereocenters. The predicted molar refractivity (Wildman–Crippen MR) is 115 cm³/mol. The van der Waals surface area contributed by atoms with E-state index < -0.39 is 0 Å². The number of piperidine rings is 1. The average Bonchev–Trinajstić information content (AvgIpc) is 2.77. The number of fused-ring (bicyclic) bond motifs is 1. The van der Waals surface area contributed by atoms with Gasteiger partial charge in [-0.15, -0.1) is 0 Å². The molecule has 1 saturated heterocycles. The lowest BCUT2D eigenvalue weighted by molar-refractivity contribution is -0.129. The van der Waals surface area contributed by atoms with Crippen LogP contribution in [0.1, 0.15) is 48.3 Å². The van der Waals surface area contributed by atoms with E-state index in [1.165, 1.54) is 12.0 Å². The Morgan fingerprint density at radius 3 is 2.79 bits per heavy atom. The Bertz CT molecular complexity index is 837. The van der Waals surface area contributed by atoms with Gasteiger partial charge in [-0.3, -0.25) is 4.79 Å². The van der Waals surface area contributed by atoms with Crippen LogP contribution in [0.5, 0.6) is 0 Å². The molecule has 0 spiro atoms. The highest BCUT2D eigenvalue weighted by atomic mass is 16.2. The highest BCUT2D eigenvalue weighted by molar-refractivity contribution is 5.74. The van der Waals surface area contributed by atoms with Crippen molar-refractivity contribution in [3.8, 4) is 0 Å². The van der Waals surface area contributed by atoms with Crippen molar-refractivity contribution in [3.05, 3.63) is 53.0 Å². The van der Waals surface area contributed by atoms with Crippen molar-refractivity contribution in [1.82, 2.24) is 19.8 Å². The molecule has 2 aliphatic rings. The number of aromatic nitrogens is 2. The van der Waals surface area contributed by atoms with Crippen molar-refractivity contribution in [3.63, 3.8) is 0 Å². The van der Waals surface area contributed by atoms with Crippen molar-refractivity contribution in [2.75, 3.05) is 38.5 Å². The van der Waals surface area contributed by atoms with Gasteiger partial charge in [-0.2, -0.15) is 0 Å². The molecule has 1 unspecified atom stereocenters. The Morgan fingerprint density at radius 2 is 2.03 bits per heavy atom. The lowest BCUT2D eigenvalue weighted by Gasteiger charge is -2.33. The maximum atomic E-state index is 11.8. The van der Waals surface area contributed by atoms with Crippen LogP contribution in [0.3, 0.4) is 0 Å². The molecule has 0 bridgehead atoms. The van der Waals surface area contributed by atoms with Gasteiger partial charge in [0.05, 0.1) is 12.2 Å². The second-order valence-corrected chi connectivity index (χ2v) is 8.17. The molecular weight excluding hydrogens is 362 g/mol. The number of rotatable bonds is 5. The molecule has 154 valence electrons. The van der Waals surface area contributed by atoms with E-state index in [0.29, 0.717) is 12.5 Å². The fourth-order valence-electron chi connectivity index (χ4n) is 4.49. The van der Waals surface area contributed by atoms with Crippen LogP contribution in [-0.4, -0.2) is 58.9 Å². The Balaban J connectivity index is 1.47. The smallest absolute Gasteiger partial charge is 0.219 e.